The molecule has 1 unspecified atom stereocenters. The lowest BCUT2D eigenvalue weighted by molar-refractivity contribution is 0.0593. The quantitative estimate of drug-likeness (QED) is 0.853. The van der Waals surface area contributed by atoms with Crippen LogP contribution in [0.15, 0.2) is 24.3 Å². The average Bonchev–Trinajstić information content (AvgIpc) is 2.88. The van der Waals surface area contributed by atoms with Gasteiger partial charge in [0.15, 0.2) is 23.3 Å². The summed E-state index contributed by atoms with van der Waals surface area (Å²) >= 11 is 1.20. The summed E-state index contributed by atoms with van der Waals surface area (Å²) in [5.41, 5.74) is 5.90. The van der Waals surface area contributed by atoms with Crippen LogP contribution < -0.4 is 15.2 Å². The number of aromatic nitrogens is 1. The Morgan fingerprint density at radius 2 is 2.20 bits per heavy atom. The fourth-order valence-corrected chi connectivity index (χ4v) is 2.71. The highest BCUT2D eigenvalue weighted by Gasteiger charge is 2.27. The summed E-state index contributed by atoms with van der Waals surface area (Å²) in [6, 6.07) is 7.39. The molecule has 0 radical (unpaired) electrons. The van der Waals surface area contributed by atoms with Crippen molar-refractivity contribution in [2.45, 2.75) is 6.10 Å². The van der Waals surface area contributed by atoms with Gasteiger partial charge >= 0.3 is 5.97 Å². The number of nitrogens with zero attached hydrogens (tertiary/aromatic N) is 1. The fraction of sp³-hybridized carbons (Fsp3) is 0.231. The third kappa shape index (κ3) is 2.16. The minimum absolute atomic E-state index is 0.120. The molecule has 1 aliphatic rings. The Labute approximate surface area is 119 Å². The Kier molecular flexibility index (Phi) is 3.19. The van der Waals surface area contributed by atoms with Gasteiger partial charge in [0, 0.05) is 0 Å². The molecule has 2 heterocycles. The molecular formula is C13H12N2O4S. The standard InChI is InChI=1S/C13H12N2O4S/c1-17-13(16)10-11(14)20-12(15-10)9-6-18-7-4-2-3-5-8(7)19-9/h2-5,9H,6,14H2,1H3. The topological polar surface area (TPSA) is 83.7 Å². The Balaban J connectivity index is 1.87. The highest BCUT2D eigenvalue weighted by molar-refractivity contribution is 7.16. The first-order valence-corrected chi connectivity index (χ1v) is 6.73. The first-order valence-electron chi connectivity index (χ1n) is 5.92. The third-order valence-corrected chi connectivity index (χ3v) is 3.81. The van der Waals surface area contributed by atoms with Crippen LogP contribution in [-0.2, 0) is 4.74 Å². The highest BCUT2D eigenvalue weighted by atomic mass is 32.1. The molecule has 1 aliphatic heterocycles. The second kappa shape index (κ2) is 5.01. The molecule has 0 saturated carbocycles. The van der Waals surface area contributed by atoms with Gasteiger partial charge in [0.2, 0.25) is 0 Å². The summed E-state index contributed by atoms with van der Waals surface area (Å²) in [7, 11) is 1.29. The van der Waals surface area contributed by atoms with Crippen molar-refractivity contribution in [2.75, 3.05) is 19.5 Å². The first kappa shape index (κ1) is 12.7. The van der Waals surface area contributed by atoms with Crippen molar-refractivity contribution in [2.24, 2.45) is 0 Å². The van der Waals surface area contributed by atoms with E-state index in [9.17, 15) is 4.79 Å². The molecule has 0 aliphatic carbocycles. The zero-order chi connectivity index (χ0) is 14.1. The molecule has 1 aromatic heterocycles. The number of methoxy groups -OCH3 is 1. The first-order chi connectivity index (χ1) is 9.69. The molecule has 20 heavy (non-hydrogen) atoms. The van der Waals surface area contributed by atoms with Gasteiger partial charge in [-0.05, 0) is 12.1 Å². The molecule has 7 heteroatoms. The van der Waals surface area contributed by atoms with E-state index in [0.717, 1.165) is 0 Å². The fourth-order valence-electron chi connectivity index (χ4n) is 1.87. The number of nitrogen functional groups attached to an aromatic ring is 1. The van der Waals surface area contributed by atoms with Crippen molar-refractivity contribution in [1.82, 2.24) is 4.98 Å². The zero-order valence-electron chi connectivity index (χ0n) is 10.7. The van der Waals surface area contributed by atoms with Crippen molar-refractivity contribution in [3.63, 3.8) is 0 Å². The van der Waals surface area contributed by atoms with Gasteiger partial charge in [0.1, 0.15) is 16.6 Å². The predicted molar refractivity (Wildman–Crippen MR) is 73.2 cm³/mol. The molecule has 1 aromatic carbocycles. The van der Waals surface area contributed by atoms with Crippen LogP contribution in [0.3, 0.4) is 0 Å². The van der Waals surface area contributed by atoms with Crippen LogP contribution in [0.2, 0.25) is 0 Å². The summed E-state index contributed by atoms with van der Waals surface area (Å²) in [5.74, 6) is 0.792. The summed E-state index contributed by atoms with van der Waals surface area (Å²) in [6.07, 6.45) is -0.379. The van der Waals surface area contributed by atoms with Crippen molar-refractivity contribution in [1.29, 1.82) is 0 Å². The maximum absolute atomic E-state index is 11.5. The molecule has 0 amide bonds. The van der Waals surface area contributed by atoms with Gasteiger partial charge < -0.3 is 19.9 Å². The molecule has 0 saturated heterocycles. The smallest absolute Gasteiger partial charge is 0.359 e. The molecule has 2 aromatic rings. The molecule has 6 nitrogen and oxygen atoms in total. The van der Waals surface area contributed by atoms with Gasteiger partial charge in [-0.3, -0.25) is 0 Å². The largest absolute Gasteiger partial charge is 0.485 e. The van der Waals surface area contributed by atoms with E-state index in [1.165, 1.54) is 18.4 Å². The second-order valence-electron chi connectivity index (χ2n) is 4.12. The van der Waals surface area contributed by atoms with E-state index in [0.29, 0.717) is 28.1 Å². The third-order valence-electron chi connectivity index (χ3n) is 2.83. The Morgan fingerprint density at radius 1 is 1.45 bits per heavy atom. The van der Waals surface area contributed by atoms with Crippen molar-refractivity contribution < 1.29 is 19.0 Å². The summed E-state index contributed by atoms with van der Waals surface area (Å²) < 4.78 is 16.1. The molecular weight excluding hydrogens is 280 g/mol. The Hall–Kier alpha value is -2.28. The lowest BCUT2D eigenvalue weighted by Gasteiger charge is -2.24. The number of esters is 1. The number of rotatable bonds is 2. The number of anilines is 1. The molecule has 3 rings (SSSR count). The summed E-state index contributed by atoms with van der Waals surface area (Å²) in [4.78, 5) is 15.7. The number of ether oxygens (including phenoxy) is 3. The number of para-hydroxylation sites is 2. The van der Waals surface area contributed by atoms with Crippen LogP contribution in [0.25, 0.3) is 0 Å². The van der Waals surface area contributed by atoms with Crippen molar-refractivity contribution in [3.8, 4) is 11.5 Å². The van der Waals surface area contributed by atoms with Gasteiger partial charge in [-0.2, -0.15) is 0 Å². The van der Waals surface area contributed by atoms with E-state index in [1.54, 1.807) is 0 Å². The summed E-state index contributed by atoms with van der Waals surface area (Å²) in [5, 5.41) is 0.909. The molecule has 104 valence electrons. The van der Waals surface area contributed by atoms with Crippen LogP contribution >= 0.6 is 11.3 Å². The Bertz CT molecular complexity index is 656. The van der Waals surface area contributed by atoms with Crippen LogP contribution in [0, 0.1) is 0 Å². The second-order valence-corrected chi connectivity index (χ2v) is 5.18. The van der Waals surface area contributed by atoms with Crippen molar-refractivity contribution in [3.05, 3.63) is 35.0 Å². The zero-order valence-corrected chi connectivity index (χ0v) is 11.5. The van der Waals surface area contributed by atoms with Gasteiger partial charge in [-0.15, -0.1) is 0 Å². The normalized spacial score (nSPS) is 16.8. The monoisotopic (exact) mass is 292 g/mol. The van der Waals surface area contributed by atoms with Gasteiger partial charge in [0.05, 0.1) is 7.11 Å². The maximum atomic E-state index is 11.5. The molecule has 0 spiro atoms. The number of hydrogen-bond acceptors (Lipinski definition) is 7. The number of hydrogen-bond donors (Lipinski definition) is 1. The van der Waals surface area contributed by atoms with E-state index < -0.39 is 5.97 Å². The predicted octanol–water partition coefficient (Wildman–Crippen LogP) is 2.02. The van der Waals surface area contributed by atoms with Gasteiger partial charge in [0.25, 0.3) is 0 Å². The number of nitrogens with two attached hydrogens (primary N) is 1. The van der Waals surface area contributed by atoms with Gasteiger partial charge in [-0.1, -0.05) is 23.5 Å². The van der Waals surface area contributed by atoms with Gasteiger partial charge in [-0.25, -0.2) is 9.78 Å². The maximum Gasteiger partial charge on any atom is 0.359 e. The number of fused-ring (bicyclic) bond motifs is 1. The number of thiazole rings is 1. The van der Waals surface area contributed by atoms with E-state index in [2.05, 4.69) is 9.72 Å². The lowest BCUT2D eigenvalue weighted by Crippen LogP contribution is -2.21. The van der Waals surface area contributed by atoms with Crippen LogP contribution in [0.4, 0.5) is 5.00 Å². The van der Waals surface area contributed by atoms with Crippen molar-refractivity contribution >= 4 is 22.3 Å². The van der Waals surface area contributed by atoms with E-state index >= 15 is 0 Å². The van der Waals surface area contributed by atoms with Crippen LogP contribution in [0.1, 0.15) is 21.6 Å². The Morgan fingerprint density at radius 3 is 2.95 bits per heavy atom. The summed E-state index contributed by atoms with van der Waals surface area (Å²) in [6.45, 7) is 0.324. The number of carbonyl (C=O) groups is 1. The molecule has 2 N–H and O–H groups in total. The van der Waals surface area contributed by atoms with E-state index in [1.807, 2.05) is 24.3 Å². The lowest BCUT2D eigenvalue weighted by atomic mass is 10.2. The van der Waals surface area contributed by atoms with E-state index in [4.69, 9.17) is 15.2 Å². The highest BCUT2D eigenvalue weighted by Crippen LogP contribution is 2.38. The molecule has 1 atom stereocenters. The molecule has 0 bridgehead atoms. The van der Waals surface area contributed by atoms with Crippen LogP contribution in [-0.4, -0.2) is 24.7 Å². The molecule has 0 fully saturated rings. The van der Waals surface area contributed by atoms with E-state index in [-0.39, 0.29) is 11.8 Å². The van der Waals surface area contributed by atoms with Crippen LogP contribution in [0.5, 0.6) is 11.5 Å². The minimum Gasteiger partial charge on any atom is -0.485 e. The SMILES string of the molecule is COC(=O)c1nc(C2COc3ccccc3O2)sc1N. The number of benzene rings is 1. The number of carbonyl (C=O) groups excluding carboxylic acids is 1. The minimum atomic E-state index is -0.554. The average molecular weight is 292 g/mol.